The fourth-order valence-corrected chi connectivity index (χ4v) is 2.24. The van der Waals surface area contributed by atoms with Crippen LogP contribution in [0.15, 0.2) is 0 Å². The minimum Gasteiger partial charge on any atom is -0.327 e. The van der Waals surface area contributed by atoms with Crippen LogP contribution in [-0.4, -0.2) is 11.8 Å². The van der Waals surface area contributed by atoms with Gasteiger partial charge in [-0.1, -0.05) is 27.2 Å². The second-order valence-corrected chi connectivity index (χ2v) is 5.27. The Morgan fingerprint density at radius 1 is 1.57 bits per heavy atom. The summed E-state index contributed by atoms with van der Waals surface area (Å²) in [5.74, 6) is 0.997. The van der Waals surface area contributed by atoms with Crippen molar-refractivity contribution in [2.45, 2.75) is 58.9 Å². The normalized spacial score (nSPS) is 32.5. The van der Waals surface area contributed by atoms with E-state index in [0.717, 1.165) is 25.7 Å². The van der Waals surface area contributed by atoms with Crippen LogP contribution in [0.1, 0.15) is 52.9 Å². The molecule has 1 fully saturated rings. The minimum absolute atomic E-state index is 0.0992. The van der Waals surface area contributed by atoms with Crippen molar-refractivity contribution in [3.05, 3.63) is 0 Å². The van der Waals surface area contributed by atoms with Gasteiger partial charge >= 0.3 is 0 Å². The zero-order valence-corrected chi connectivity index (χ0v) is 9.68. The van der Waals surface area contributed by atoms with E-state index in [1.807, 2.05) is 6.92 Å². The van der Waals surface area contributed by atoms with Crippen LogP contribution in [0.4, 0.5) is 0 Å². The maximum atomic E-state index is 12.0. The van der Waals surface area contributed by atoms with E-state index < -0.39 is 0 Å². The van der Waals surface area contributed by atoms with E-state index in [2.05, 4.69) is 13.8 Å². The van der Waals surface area contributed by atoms with Gasteiger partial charge in [0.1, 0.15) is 5.78 Å². The summed E-state index contributed by atoms with van der Waals surface area (Å²) in [4.78, 5) is 12.0. The van der Waals surface area contributed by atoms with E-state index in [1.54, 1.807) is 0 Å². The Hall–Kier alpha value is -0.370. The molecule has 0 saturated heterocycles. The van der Waals surface area contributed by atoms with Crippen molar-refractivity contribution in [3.63, 3.8) is 0 Å². The number of nitrogens with two attached hydrogens (primary N) is 1. The first-order chi connectivity index (χ1) is 6.47. The average molecular weight is 197 g/mol. The van der Waals surface area contributed by atoms with Crippen molar-refractivity contribution in [3.8, 4) is 0 Å². The molecule has 2 heteroatoms. The van der Waals surface area contributed by atoms with E-state index in [0.29, 0.717) is 18.1 Å². The monoisotopic (exact) mass is 197 g/mol. The first kappa shape index (κ1) is 11.7. The molecule has 14 heavy (non-hydrogen) atoms. The van der Waals surface area contributed by atoms with Crippen molar-refractivity contribution in [1.82, 2.24) is 0 Å². The fourth-order valence-electron chi connectivity index (χ4n) is 2.24. The Labute approximate surface area is 87.2 Å². The first-order valence-electron chi connectivity index (χ1n) is 5.75. The smallest absolute Gasteiger partial charge is 0.140 e. The summed E-state index contributed by atoms with van der Waals surface area (Å²) in [6.45, 7) is 6.36. The molecule has 0 aromatic rings. The number of rotatable bonds is 4. The molecular weight excluding hydrogens is 174 g/mol. The lowest BCUT2D eigenvalue weighted by atomic mass is 9.78. The molecule has 0 aromatic heterocycles. The second kappa shape index (κ2) is 4.43. The van der Waals surface area contributed by atoms with Crippen LogP contribution in [0.5, 0.6) is 0 Å². The number of hydrogen-bond donors (Lipinski definition) is 1. The number of carbonyl (C=O) groups is 1. The zero-order chi connectivity index (χ0) is 10.8. The maximum Gasteiger partial charge on any atom is 0.140 e. The minimum atomic E-state index is -0.213. The van der Waals surface area contributed by atoms with Gasteiger partial charge in [-0.05, 0) is 25.2 Å². The molecular formula is C12H23NO. The largest absolute Gasteiger partial charge is 0.327 e. The topological polar surface area (TPSA) is 43.1 Å². The molecule has 0 aromatic carbocycles. The molecule has 2 N–H and O–H groups in total. The lowest BCUT2D eigenvalue weighted by molar-refractivity contribution is -0.128. The maximum absolute atomic E-state index is 12.0. The molecule has 0 aliphatic heterocycles. The summed E-state index contributed by atoms with van der Waals surface area (Å²) < 4.78 is 0. The van der Waals surface area contributed by atoms with E-state index in [9.17, 15) is 4.79 Å². The highest BCUT2D eigenvalue weighted by Crippen LogP contribution is 2.38. The quantitative estimate of drug-likeness (QED) is 0.752. The van der Waals surface area contributed by atoms with Gasteiger partial charge in [-0.15, -0.1) is 0 Å². The third-order valence-corrected chi connectivity index (χ3v) is 3.62. The predicted molar refractivity (Wildman–Crippen MR) is 59.0 cm³/mol. The molecule has 1 aliphatic carbocycles. The van der Waals surface area contributed by atoms with Gasteiger partial charge in [0.15, 0.2) is 0 Å². The Morgan fingerprint density at radius 2 is 2.21 bits per heavy atom. The molecule has 82 valence electrons. The summed E-state index contributed by atoms with van der Waals surface area (Å²) in [7, 11) is 0. The highest BCUT2D eigenvalue weighted by Gasteiger charge is 2.41. The fraction of sp³-hybridized carbons (Fsp3) is 0.917. The standard InChI is InChI=1S/C12H23NO/c1-9(2)6-7-11(14)12(3)8-4-5-10(12)13/h9-10H,4-8,13H2,1-3H3. The van der Waals surface area contributed by atoms with Crippen LogP contribution < -0.4 is 5.73 Å². The molecule has 2 nitrogen and oxygen atoms in total. The third-order valence-electron chi connectivity index (χ3n) is 3.62. The molecule has 0 spiro atoms. The molecule has 1 rings (SSSR count). The van der Waals surface area contributed by atoms with E-state index in [1.165, 1.54) is 0 Å². The average Bonchev–Trinajstić information content (AvgIpc) is 2.44. The van der Waals surface area contributed by atoms with E-state index in [4.69, 9.17) is 5.73 Å². The highest BCUT2D eigenvalue weighted by atomic mass is 16.1. The Balaban J connectivity index is 2.50. The van der Waals surface area contributed by atoms with Gasteiger partial charge in [-0.25, -0.2) is 0 Å². The van der Waals surface area contributed by atoms with E-state index >= 15 is 0 Å². The van der Waals surface area contributed by atoms with Crippen molar-refractivity contribution in [1.29, 1.82) is 0 Å². The number of carbonyl (C=O) groups excluding carboxylic acids is 1. The zero-order valence-electron chi connectivity index (χ0n) is 9.68. The van der Waals surface area contributed by atoms with Crippen LogP contribution in [0.3, 0.4) is 0 Å². The number of Topliss-reactive ketones (excluding diaryl/α,β-unsaturated/α-hetero) is 1. The molecule has 0 heterocycles. The van der Waals surface area contributed by atoms with Crippen LogP contribution in [0.2, 0.25) is 0 Å². The molecule has 0 radical (unpaired) electrons. The van der Waals surface area contributed by atoms with Gasteiger partial charge in [0.05, 0.1) is 0 Å². The third kappa shape index (κ3) is 2.35. The molecule has 0 bridgehead atoms. The van der Waals surface area contributed by atoms with Gasteiger partial charge in [0, 0.05) is 17.9 Å². The highest BCUT2D eigenvalue weighted by molar-refractivity contribution is 5.85. The van der Waals surface area contributed by atoms with Gasteiger partial charge in [0.2, 0.25) is 0 Å². The lowest BCUT2D eigenvalue weighted by Gasteiger charge is -2.27. The Morgan fingerprint density at radius 3 is 2.64 bits per heavy atom. The SMILES string of the molecule is CC(C)CCC(=O)C1(C)CCCC1N. The number of hydrogen-bond acceptors (Lipinski definition) is 2. The number of ketones is 1. The Kier molecular flexibility index (Phi) is 3.71. The molecule has 2 unspecified atom stereocenters. The Bertz CT molecular complexity index is 212. The first-order valence-corrected chi connectivity index (χ1v) is 5.75. The summed E-state index contributed by atoms with van der Waals surface area (Å²) in [5, 5.41) is 0. The molecule has 2 atom stereocenters. The van der Waals surface area contributed by atoms with Crippen molar-refractivity contribution >= 4 is 5.78 Å². The van der Waals surface area contributed by atoms with Crippen molar-refractivity contribution in [2.75, 3.05) is 0 Å². The molecule has 0 amide bonds. The lowest BCUT2D eigenvalue weighted by Crippen LogP contribution is -2.41. The van der Waals surface area contributed by atoms with Crippen LogP contribution in [0.25, 0.3) is 0 Å². The molecule has 1 aliphatic rings. The van der Waals surface area contributed by atoms with E-state index in [-0.39, 0.29) is 11.5 Å². The second-order valence-electron chi connectivity index (χ2n) is 5.27. The van der Waals surface area contributed by atoms with Gasteiger partial charge in [-0.2, -0.15) is 0 Å². The predicted octanol–water partition coefficient (Wildman–Crippen LogP) is 2.51. The summed E-state index contributed by atoms with van der Waals surface area (Å²) in [6, 6.07) is 0.0992. The van der Waals surface area contributed by atoms with Crippen LogP contribution >= 0.6 is 0 Å². The van der Waals surface area contributed by atoms with Crippen LogP contribution in [0, 0.1) is 11.3 Å². The van der Waals surface area contributed by atoms with Crippen molar-refractivity contribution in [2.24, 2.45) is 17.1 Å². The van der Waals surface area contributed by atoms with Gasteiger partial charge in [-0.3, -0.25) is 4.79 Å². The van der Waals surface area contributed by atoms with Crippen LogP contribution in [-0.2, 0) is 4.79 Å². The molecule has 1 saturated carbocycles. The van der Waals surface area contributed by atoms with Gasteiger partial charge < -0.3 is 5.73 Å². The van der Waals surface area contributed by atoms with Gasteiger partial charge in [0.25, 0.3) is 0 Å². The summed E-state index contributed by atoms with van der Waals surface area (Å²) in [6.07, 6.45) is 4.84. The summed E-state index contributed by atoms with van der Waals surface area (Å²) in [5.41, 5.74) is 5.79. The summed E-state index contributed by atoms with van der Waals surface area (Å²) >= 11 is 0. The van der Waals surface area contributed by atoms with Crippen molar-refractivity contribution < 1.29 is 4.79 Å².